The number of methoxy groups -OCH3 is 3. The zero-order valence-corrected chi connectivity index (χ0v) is 47.2. The number of hydrogen-bond donors (Lipinski definition) is 2. The number of benzene rings is 3. The van der Waals surface area contributed by atoms with Crippen LogP contribution in [0.25, 0.3) is 10.9 Å². The molecule has 0 bridgehead atoms. The van der Waals surface area contributed by atoms with Crippen LogP contribution in [0.5, 0.6) is 23.0 Å². The van der Waals surface area contributed by atoms with Crippen molar-refractivity contribution in [3.63, 3.8) is 0 Å². The van der Waals surface area contributed by atoms with Gasteiger partial charge in [-0.3, -0.25) is 32.5 Å². The fraction of sp³-hybridized carbons (Fsp3) is 0.586. The first kappa shape index (κ1) is 62.6. The molecule has 4 aromatic rings. The topological polar surface area (TPSA) is 186 Å². The van der Waals surface area contributed by atoms with Gasteiger partial charge >= 0.3 is 7.82 Å². The van der Waals surface area contributed by atoms with Gasteiger partial charge in [0.1, 0.15) is 28.8 Å². The number of ether oxygens (including phenoxy) is 4. The van der Waals surface area contributed by atoms with E-state index in [1.807, 2.05) is 45.2 Å². The molecule has 15 nitrogen and oxygen atoms in total. The van der Waals surface area contributed by atoms with Crippen molar-refractivity contribution in [3.05, 3.63) is 82.5 Å². The minimum absolute atomic E-state index is 0.00534. The van der Waals surface area contributed by atoms with Crippen LogP contribution in [-0.4, -0.2) is 90.1 Å². The lowest BCUT2D eigenvalue weighted by molar-refractivity contribution is -0.121. The number of phosphoric acid groups is 1. The van der Waals surface area contributed by atoms with Crippen LogP contribution in [-0.2, 0) is 34.1 Å². The smallest absolute Gasteiger partial charge is 0.474 e. The van der Waals surface area contributed by atoms with Gasteiger partial charge in [0.2, 0.25) is 5.91 Å². The van der Waals surface area contributed by atoms with Gasteiger partial charge in [0.25, 0.3) is 5.91 Å². The number of aromatic nitrogens is 1. The van der Waals surface area contributed by atoms with Crippen molar-refractivity contribution in [1.82, 2.24) is 15.2 Å². The Kier molecular flexibility index (Phi) is 28.9. The van der Waals surface area contributed by atoms with Crippen molar-refractivity contribution in [3.8, 4) is 29.1 Å². The highest BCUT2D eigenvalue weighted by atomic mass is 35.5. The molecule has 75 heavy (non-hydrogen) atoms. The fourth-order valence-electron chi connectivity index (χ4n) is 9.47. The van der Waals surface area contributed by atoms with Crippen LogP contribution in [0.1, 0.15) is 157 Å². The Labute approximate surface area is 451 Å². The maximum Gasteiger partial charge on any atom is 0.474 e. The molecule has 3 aromatic carbocycles. The van der Waals surface area contributed by atoms with Gasteiger partial charge in [0, 0.05) is 65.7 Å². The maximum absolute atomic E-state index is 13.9. The maximum atomic E-state index is 13.9. The molecule has 2 atom stereocenters. The van der Waals surface area contributed by atoms with E-state index < -0.39 is 7.82 Å². The number of halogens is 1. The molecule has 0 saturated heterocycles. The molecule has 1 amide bonds. The van der Waals surface area contributed by atoms with Crippen LogP contribution in [0, 0.1) is 23.7 Å². The van der Waals surface area contributed by atoms with Gasteiger partial charge in [-0.1, -0.05) is 63.5 Å². The molecule has 0 radical (unpaired) electrons. The molecular weight excluding hydrogens is 995 g/mol. The molecule has 1 heterocycles. The number of carbonyl (C=O) groups is 3. The first-order chi connectivity index (χ1) is 36.3. The average molecular weight is 1080 g/mol. The third kappa shape index (κ3) is 21.9. The van der Waals surface area contributed by atoms with Crippen LogP contribution in [0.15, 0.2) is 60.7 Å². The summed E-state index contributed by atoms with van der Waals surface area (Å²) in [5, 5.41) is 16.8. The lowest BCUT2D eigenvalue weighted by atomic mass is 9.71. The summed E-state index contributed by atoms with van der Waals surface area (Å²) in [4.78, 5) is 40.9. The standard InChI is InChI=1S/C58H84ClN4O11P/c1-7-8-37-72-75(67,74-39-20-33-60)73-38-17-11-9-10-13-29-58(31-15-16-34-61-3,32-19-35-62-56(65)22-18-36-71-52-42-50(69-5)41-51(43-52)70-6)30-14-12-21-48(64)40-53-45(2)63(55-28-27-49(68-4)44-54(53)55)57(66)46-23-25-47(59)26-24-46/h23-28,41-44,61H,7-22,29-32,34-40H2,1-6H3,(H,62,65). The van der Waals surface area contributed by atoms with Crippen LogP contribution in [0.3, 0.4) is 0 Å². The number of hydrogen-bond acceptors (Lipinski definition) is 13. The highest BCUT2D eigenvalue weighted by Crippen LogP contribution is 2.50. The Morgan fingerprint density at radius 3 is 1.96 bits per heavy atom. The minimum Gasteiger partial charge on any atom is -0.497 e. The van der Waals surface area contributed by atoms with E-state index in [1.54, 1.807) is 68.4 Å². The van der Waals surface area contributed by atoms with Gasteiger partial charge in [-0.2, -0.15) is 5.26 Å². The number of rotatable bonds is 41. The number of nitrogens with zero attached hydrogens (tertiary/aromatic N) is 2. The van der Waals surface area contributed by atoms with E-state index in [-0.39, 0.29) is 55.7 Å². The van der Waals surface area contributed by atoms with Crippen molar-refractivity contribution in [2.24, 2.45) is 5.41 Å². The zero-order valence-electron chi connectivity index (χ0n) is 45.6. The van der Waals surface area contributed by atoms with E-state index >= 15 is 0 Å². The molecule has 0 saturated carbocycles. The van der Waals surface area contributed by atoms with Gasteiger partial charge in [0.15, 0.2) is 0 Å². The van der Waals surface area contributed by atoms with Crippen molar-refractivity contribution in [1.29, 1.82) is 5.26 Å². The van der Waals surface area contributed by atoms with Crippen LogP contribution in [0.4, 0.5) is 0 Å². The van der Waals surface area contributed by atoms with E-state index in [9.17, 15) is 18.9 Å². The average Bonchev–Trinajstić information content (AvgIpc) is 3.68. The Morgan fingerprint density at radius 2 is 1.29 bits per heavy atom. The normalized spacial score (nSPS) is 12.9. The number of unbranched alkanes of at least 4 members (excludes halogenated alkanes) is 7. The molecule has 0 aliphatic heterocycles. The fourth-order valence-corrected chi connectivity index (χ4v) is 10.8. The quantitative estimate of drug-likeness (QED) is 0.0316. The Hall–Kier alpha value is -4.94. The summed E-state index contributed by atoms with van der Waals surface area (Å²) >= 11 is 6.15. The number of nitriles is 1. The molecular formula is C58H84ClN4O11P. The van der Waals surface area contributed by atoms with Gasteiger partial charge in [-0.15, -0.1) is 0 Å². The summed E-state index contributed by atoms with van der Waals surface area (Å²) in [6.07, 6.45) is 16.5. The van der Waals surface area contributed by atoms with Crippen LogP contribution in [0.2, 0.25) is 5.02 Å². The third-order valence-electron chi connectivity index (χ3n) is 13.7. The first-order valence-electron chi connectivity index (χ1n) is 27.0. The van der Waals surface area contributed by atoms with Gasteiger partial charge in [-0.05, 0) is 138 Å². The molecule has 4 rings (SSSR count). The van der Waals surface area contributed by atoms with Gasteiger partial charge in [-0.25, -0.2) is 4.57 Å². The molecule has 0 fully saturated rings. The Bertz CT molecular complexity index is 2420. The monoisotopic (exact) mass is 1080 g/mol. The molecule has 1 aromatic heterocycles. The predicted octanol–water partition coefficient (Wildman–Crippen LogP) is 13.3. The molecule has 0 aliphatic carbocycles. The summed E-state index contributed by atoms with van der Waals surface area (Å²) < 4.78 is 53.6. The van der Waals surface area contributed by atoms with Gasteiger partial charge in [0.05, 0.1) is 65.8 Å². The second kappa shape index (κ2) is 34.7. The third-order valence-corrected chi connectivity index (χ3v) is 15.4. The van der Waals surface area contributed by atoms with Crippen LogP contribution < -0.4 is 29.6 Å². The highest BCUT2D eigenvalue weighted by Gasteiger charge is 2.30. The van der Waals surface area contributed by atoms with Crippen molar-refractivity contribution in [2.75, 3.05) is 67.9 Å². The summed E-state index contributed by atoms with van der Waals surface area (Å²) in [6, 6.07) is 19.8. The summed E-state index contributed by atoms with van der Waals surface area (Å²) in [5.41, 5.74) is 2.81. The summed E-state index contributed by atoms with van der Waals surface area (Å²) in [5.74, 6) is 2.46. The molecule has 2 unspecified atom stereocenters. The number of Topliss-reactive ketones (excluding diaryl/α,β-unsaturated/α-hetero) is 1. The molecule has 0 aliphatic rings. The zero-order chi connectivity index (χ0) is 54.3. The largest absolute Gasteiger partial charge is 0.497 e. The molecule has 414 valence electrons. The number of nitrogens with one attached hydrogen (secondary N) is 2. The number of carbonyl (C=O) groups excluding carboxylic acids is 3. The predicted molar refractivity (Wildman–Crippen MR) is 297 cm³/mol. The van der Waals surface area contributed by atoms with Crippen molar-refractivity contribution < 1.29 is 51.5 Å². The minimum atomic E-state index is -3.73. The lowest BCUT2D eigenvalue weighted by Gasteiger charge is -2.35. The van der Waals surface area contributed by atoms with E-state index in [0.717, 1.165) is 125 Å². The molecule has 0 spiro atoms. The second-order valence-electron chi connectivity index (χ2n) is 19.3. The lowest BCUT2D eigenvalue weighted by Crippen LogP contribution is -2.28. The second-order valence-corrected chi connectivity index (χ2v) is 21.4. The van der Waals surface area contributed by atoms with E-state index in [2.05, 4.69) is 10.6 Å². The van der Waals surface area contributed by atoms with Crippen molar-refractivity contribution in [2.45, 2.75) is 149 Å². The molecule has 17 heteroatoms. The summed E-state index contributed by atoms with van der Waals surface area (Å²) in [7, 11) is 3.04. The van der Waals surface area contributed by atoms with E-state index in [4.69, 9.17) is 49.4 Å². The van der Waals surface area contributed by atoms with Crippen LogP contribution >= 0.6 is 19.4 Å². The van der Waals surface area contributed by atoms with E-state index in [0.29, 0.717) is 72.4 Å². The Morgan fingerprint density at radius 1 is 0.680 bits per heavy atom. The Balaban J connectivity index is 1.39. The first-order valence-corrected chi connectivity index (χ1v) is 28.8. The summed E-state index contributed by atoms with van der Waals surface area (Å²) in [6.45, 7) is 6.32. The highest BCUT2D eigenvalue weighted by molar-refractivity contribution is 7.48. The number of fused-ring (bicyclic) bond motifs is 1. The molecule has 2 N–H and O–H groups in total. The number of phosphoric ester groups is 1. The van der Waals surface area contributed by atoms with Gasteiger partial charge < -0.3 is 29.6 Å². The number of amides is 1. The van der Waals surface area contributed by atoms with E-state index in [1.165, 1.54) is 0 Å². The SMILES string of the molecule is CCCCOP(=O)(OCCC#N)OCCCCCCCC(CCCCNC)(CCCCC(=O)Cc1c(C)n(C(=O)c2ccc(Cl)cc2)c2ccc(OC)cc12)CCCNC(=O)CCCOc1cc(OC)cc(OC)c1. The number of ketones is 1. The van der Waals surface area contributed by atoms with Crippen molar-refractivity contribution >= 4 is 47.9 Å².